The van der Waals surface area contributed by atoms with Gasteiger partial charge in [-0.3, -0.25) is 0 Å². The van der Waals surface area contributed by atoms with E-state index >= 15 is 0 Å². The number of amides is 1. The Bertz CT molecular complexity index is 277. The molecule has 2 aliphatic rings. The minimum atomic E-state index is -0.392. The first-order valence-corrected chi connectivity index (χ1v) is 5.54. The molecule has 15 heavy (non-hydrogen) atoms. The number of nitrogens with two attached hydrogens (primary N) is 1. The third-order valence-electron chi connectivity index (χ3n) is 3.31. The smallest absolute Gasteiger partial charge is 0.410 e. The molecule has 1 aliphatic heterocycles. The molecule has 4 nitrogen and oxygen atoms in total. The van der Waals surface area contributed by atoms with E-state index in [1.54, 1.807) is 4.90 Å². The summed E-state index contributed by atoms with van der Waals surface area (Å²) in [6, 6.07) is 0. The van der Waals surface area contributed by atoms with Gasteiger partial charge < -0.3 is 15.4 Å². The zero-order chi connectivity index (χ0) is 11.3. The minimum absolute atomic E-state index is 0.184. The molecule has 1 amide bonds. The van der Waals surface area contributed by atoms with E-state index in [-0.39, 0.29) is 6.09 Å². The molecule has 0 radical (unpaired) electrons. The molecule has 86 valence electrons. The molecule has 1 atom stereocenters. The molecule has 4 heteroatoms. The second-order valence-electron chi connectivity index (χ2n) is 5.84. The number of carbonyl (C=O) groups excluding carboxylic acids is 1. The Morgan fingerprint density at radius 3 is 2.53 bits per heavy atom. The first-order chi connectivity index (χ1) is 6.86. The maximum absolute atomic E-state index is 11.6. The van der Waals surface area contributed by atoms with Gasteiger partial charge in [-0.15, -0.1) is 0 Å². The lowest BCUT2D eigenvalue weighted by Gasteiger charge is -2.41. The molecule has 0 aromatic rings. The predicted molar refractivity (Wildman–Crippen MR) is 57.4 cm³/mol. The lowest BCUT2D eigenvalue weighted by atomic mass is 9.94. The second-order valence-corrected chi connectivity index (χ2v) is 5.84. The highest BCUT2D eigenvalue weighted by atomic mass is 16.6. The van der Waals surface area contributed by atoms with E-state index in [0.717, 1.165) is 19.6 Å². The van der Waals surface area contributed by atoms with Crippen LogP contribution in [0.1, 0.15) is 27.2 Å². The highest BCUT2D eigenvalue weighted by Crippen LogP contribution is 2.58. The molecule has 0 aromatic carbocycles. The van der Waals surface area contributed by atoms with Crippen molar-refractivity contribution >= 4 is 6.09 Å². The molecule has 1 spiro atoms. The van der Waals surface area contributed by atoms with E-state index in [4.69, 9.17) is 10.5 Å². The van der Waals surface area contributed by atoms with Crippen LogP contribution in [-0.2, 0) is 4.74 Å². The van der Waals surface area contributed by atoms with Gasteiger partial charge in [-0.1, -0.05) is 0 Å². The largest absolute Gasteiger partial charge is 0.444 e. The number of likely N-dealkylation sites (tertiary alicyclic amines) is 1. The van der Waals surface area contributed by atoms with Gasteiger partial charge in [0.1, 0.15) is 5.60 Å². The van der Waals surface area contributed by atoms with Crippen LogP contribution in [0.3, 0.4) is 0 Å². The van der Waals surface area contributed by atoms with Gasteiger partial charge in [0.25, 0.3) is 0 Å². The van der Waals surface area contributed by atoms with Gasteiger partial charge >= 0.3 is 6.09 Å². The molecule has 1 heterocycles. The molecular formula is C11H20N2O2. The van der Waals surface area contributed by atoms with E-state index in [2.05, 4.69) is 0 Å². The fourth-order valence-corrected chi connectivity index (χ4v) is 2.32. The first kappa shape index (κ1) is 10.7. The van der Waals surface area contributed by atoms with Gasteiger partial charge in [0.15, 0.2) is 0 Å². The van der Waals surface area contributed by atoms with Crippen molar-refractivity contribution in [1.29, 1.82) is 0 Å². The van der Waals surface area contributed by atoms with Crippen LogP contribution in [-0.4, -0.2) is 36.2 Å². The van der Waals surface area contributed by atoms with Crippen molar-refractivity contribution in [2.75, 3.05) is 19.6 Å². The van der Waals surface area contributed by atoms with Crippen LogP contribution < -0.4 is 5.73 Å². The number of carbonyl (C=O) groups is 1. The molecule has 0 aromatic heterocycles. The zero-order valence-electron chi connectivity index (χ0n) is 9.75. The summed E-state index contributed by atoms with van der Waals surface area (Å²) in [6.45, 7) is 8.09. The zero-order valence-corrected chi connectivity index (χ0v) is 9.75. The maximum atomic E-state index is 11.6. The number of hydrogen-bond acceptors (Lipinski definition) is 3. The van der Waals surface area contributed by atoms with Crippen molar-refractivity contribution in [2.45, 2.75) is 32.8 Å². The van der Waals surface area contributed by atoms with Crippen LogP contribution in [0.15, 0.2) is 0 Å². The van der Waals surface area contributed by atoms with Crippen molar-refractivity contribution in [3.63, 3.8) is 0 Å². The number of rotatable bonds is 1. The topological polar surface area (TPSA) is 55.6 Å². The average molecular weight is 212 g/mol. The van der Waals surface area contributed by atoms with Crippen LogP contribution in [0.4, 0.5) is 4.79 Å². The highest BCUT2D eigenvalue weighted by Gasteiger charge is 2.61. The van der Waals surface area contributed by atoms with Crippen LogP contribution in [0.2, 0.25) is 0 Å². The monoisotopic (exact) mass is 212 g/mol. The van der Waals surface area contributed by atoms with Crippen molar-refractivity contribution in [3.05, 3.63) is 0 Å². The summed E-state index contributed by atoms with van der Waals surface area (Å²) in [6.07, 6.45) is 0.999. The summed E-state index contributed by atoms with van der Waals surface area (Å²) in [5.74, 6) is 0.635. The van der Waals surface area contributed by atoms with Crippen LogP contribution in [0.25, 0.3) is 0 Å². The van der Waals surface area contributed by atoms with Crippen LogP contribution in [0.5, 0.6) is 0 Å². The SMILES string of the molecule is CC(C)(C)OC(=O)N1CC2(C[C@@H]2CN)C1. The van der Waals surface area contributed by atoms with Gasteiger partial charge in [0, 0.05) is 18.5 Å². The van der Waals surface area contributed by atoms with Crippen molar-refractivity contribution in [2.24, 2.45) is 17.1 Å². The van der Waals surface area contributed by atoms with Gasteiger partial charge in [-0.05, 0) is 39.7 Å². The van der Waals surface area contributed by atoms with Gasteiger partial charge in [-0.25, -0.2) is 4.79 Å². The van der Waals surface area contributed by atoms with Gasteiger partial charge in [-0.2, -0.15) is 0 Å². The van der Waals surface area contributed by atoms with Gasteiger partial charge in [0.05, 0.1) is 0 Å². The molecule has 1 saturated carbocycles. The lowest BCUT2D eigenvalue weighted by molar-refractivity contribution is -0.00898. The summed E-state index contributed by atoms with van der Waals surface area (Å²) in [4.78, 5) is 13.4. The molecule has 0 unspecified atom stereocenters. The third kappa shape index (κ3) is 1.95. The van der Waals surface area contributed by atoms with Crippen LogP contribution in [0, 0.1) is 11.3 Å². The average Bonchev–Trinajstić information content (AvgIpc) is 2.71. The van der Waals surface area contributed by atoms with Gasteiger partial charge in [0.2, 0.25) is 0 Å². The van der Waals surface area contributed by atoms with Crippen molar-refractivity contribution in [3.8, 4) is 0 Å². The van der Waals surface area contributed by atoms with E-state index in [0.29, 0.717) is 11.3 Å². The lowest BCUT2D eigenvalue weighted by Crippen LogP contribution is -2.54. The molecule has 2 rings (SSSR count). The minimum Gasteiger partial charge on any atom is -0.444 e. The van der Waals surface area contributed by atoms with E-state index < -0.39 is 5.60 Å². The highest BCUT2D eigenvalue weighted by molar-refractivity contribution is 5.69. The molecule has 0 bridgehead atoms. The quantitative estimate of drug-likeness (QED) is 0.710. The Morgan fingerprint density at radius 1 is 1.53 bits per heavy atom. The molecule has 2 N–H and O–H groups in total. The Labute approximate surface area is 90.8 Å². The summed E-state index contributed by atoms with van der Waals surface area (Å²) in [5, 5.41) is 0. The summed E-state index contributed by atoms with van der Waals surface area (Å²) in [7, 11) is 0. The number of nitrogens with zero attached hydrogens (tertiary/aromatic N) is 1. The van der Waals surface area contributed by atoms with Crippen molar-refractivity contribution < 1.29 is 9.53 Å². The standard InChI is InChI=1S/C11H20N2O2/c1-10(2,3)15-9(14)13-6-11(7-13)4-8(11)5-12/h8H,4-7,12H2,1-3H3/t8-/m1/s1. The summed E-state index contributed by atoms with van der Waals surface area (Å²) < 4.78 is 5.29. The predicted octanol–water partition coefficient (Wildman–Crippen LogP) is 1.20. The second kappa shape index (κ2) is 3.11. The Hall–Kier alpha value is -0.770. The Kier molecular flexibility index (Phi) is 2.23. The number of hydrogen-bond donors (Lipinski definition) is 1. The Balaban J connectivity index is 1.78. The fraction of sp³-hybridized carbons (Fsp3) is 0.909. The summed E-state index contributed by atoms with van der Waals surface area (Å²) in [5.41, 5.74) is 5.58. The number of ether oxygens (including phenoxy) is 1. The summed E-state index contributed by atoms with van der Waals surface area (Å²) >= 11 is 0. The van der Waals surface area contributed by atoms with Crippen molar-refractivity contribution in [1.82, 2.24) is 4.90 Å². The molecule has 1 saturated heterocycles. The van der Waals surface area contributed by atoms with E-state index in [1.165, 1.54) is 6.42 Å². The van der Waals surface area contributed by atoms with E-state index in [9.17, 15) is 4.79 Å². The normalized spacial score (nSPS) is 27.5. The van der Waals surface area contributed by atoms with Crippen LogP contribution >= 0.6 is 0 Å². The maximum Gasteiger partial charge on any atom is 0.410 e. The fourth-order valence-electron chi connectivity index (χ4n) is 2.32. The molecule has 2 fully saturated rings. The Morgan fingerprint density at radius 2 is 2.13 bits per heavy atom. The van der Waals surface area contributed by atoms with E-state index in [1.807, 2.05) is 20.8 Å². The third-order valence-corrected chi connectivity index (χ3v) is 3.31. The first-order valence-electron chi connectivity index (χ1n) is 5.54. The molecular weight excluding hydrogens is 192 g/mol. The molecule has 1 aliphatic carbocycles.